The van der Waals surface area contributed by atoms with Crippen LogP contribution in [0.1, 0.15) is 85.0 Å². The van der Waals surface area contributed by atoms with Gasteiger partial charge in [-0.05, 0) is 37.5 Å². The maximum absolute atomic E-state index is 9.46. The summed E-state index contributed by atoms with van der Waals surface area (Å²) >= 11 is 0. The monoisotopic (exact) mass is 235 g/mol. The van der Waals surface area contributed by atoms with E-state index >= 15 is 0 Å². The zero-order chi connectivity index (χ0) is 12.8. The van der Waals surface area contributed by atoms with Crippen LogP contribution in [0.3, 0.4) is 0 Å². The molecule has 1 aliphatic rings. The molecular weight excluding hydrogens is 206 g/mol. The topological polar surface area (TPSA) is 23.8 Å². The zero-order valence-electron chi connectivity index (χ0n) is 12.0. The molecule has 0 atom stereocenters. The average Bonchev–Trinajstić information content (AvgIpc) is 2.32. The molecular formula is C16H29N. The fourth-order valence-corrected chi connectivity index (χ4v) is 2.89. The highest BCUT2D eigenvalue weighted by atomic mass is 14.4. The fraction of sp³-hybridized carbons (Fsp3) is 0.938. The van der Waals surface area contributed by atoms with Gasteiger partial charge in [-0.15, -0.1) is 0 Å². The van der Waals surface area contributed by atoms with E-state index in [1.807, 2.05) is 0 Å². The summed E-state index contributed by atoms with van der Waals surface area (Å²) in [6.07, 6.45) is 12.4. The Balaban J connectivity index is 2.31. The van der Waals surface area contributed by atoms with Crippen molar-refractivity contribution in [2.45, 2.75) is 85.0 Å². The standard InChI is InChI=1S/C16H29N/c1-4-5-6-7-8-9-16(14-17)12-10-15(2,3)11-13-16/h4-13H2,1-3H3. The van der Waals surface area contributed by atoms with E-state index in [9.17, 15) is 5.26 Å². The first kappa shape index (κ1) is 14.6. The van der Waals surface area contributed by atoms with E-state index in [-0.39, 0.29) is 5.41 Å². The van der Waals surface area contributed by atoms with Crippen LogP contribution in [-0.4, -0.2) is 0 Å². The lowest BCUT2D eigenvalue weighted by Gasteiger charge is -2.39. The van der Waals surface area contributed by atoms with Gasteiger partial charge in [0, 0.05) is 0 Å². The molecule has 0 amide bonds. The van der Waals surface area contributed by atoms with Crippen LogP contribution in [-0.2, 0) is 0 Å². The minimum absolute atomic E-state index is 0.0295. The molecule has 0 spiro atoms. The first-order valence-electron chi connectivity index (χ1n) is 7.45. The second-order valence-corrected chi connectivity index (χ2v) is 6.72. The van der Waals surface area contributed by atoms with E-state index in [0.717, 1.165) is 19.3 Å². The minimum Gasteiger partial charge on any atom is -0.198 e. The summed E-state index contributed by atoms with van der Waals surface area (Å²) in [6.45, 7) is 6.94. The second kappa shape index (κ2) is 6.43. The van der Waals surface area contributed by atoms with Gasteiger partial charge < -0.3 is 0 Å². The van der Waals surface area contributed by atoms with Crippen LogP contribution >= 0.6 is 0 Å². The third-order valence-electron chi connectivity index (χ3n) is 4.56. The van der Waals surface area contributed by atoms with Crippen LogP contribution in [0.4, 0.5) is 0 Å². The summed E-state index contributed by atoms with van der Waals surface area (Å²) in [5.74, 6) is 0. The summed E-state index contributed by atoms with van der Waals surface area (Å²) in [5.41, 5.74) is 0.504. The minimum atomic E-state index is 0.0295. The molecule has 1 aliphatic carbocycles. The number of rotatable bonds is 6. The molecule has 0 aromatic rings. The van der Waals surface area contributed by atoms with Gasteiger partial charge in [0.1, 0.15) is 0 Å². The molecule has 0 aromatic carbocycles. The van der Waals surface area contributed by atoms with E-state index in [2.05, 4.69) is 26.8 Å². The predicted molar refractivity (Wildman–Crippen MR) is 73.7 cm³/mol. The van der Waals surface area contributed by atoms with Gasteiger partial charge in [-0.25, -0.2) is 0 Å². The molecule has 0 aromatic heterocycles. The number of nitrogens with zero attached hydrogens (tertiary/aromatic N) is 1. The van der Waals surface area contributed by atoms with Crippen LogP contribution < -0.4 is 0 Å². The van der Waals surface area contributed by atoms with E-state index in [0.29, 0.717) is 5.41 Å². The van der Waals surface area contributed by atoms with Crippen molar-refractivity contribution in [3.63, 3.8) is 0 Å². The number of hydrogen-bond acceptors (Lipinski definition) is 1. The Morgan fingerprint density at radius 2 is 1.53 bits per heavy atom. The van der Waals surface area contributed by atoms with Crippen LogP contribution in [0.15, 0.2) is 0 Å². The lowest BCUT2D eigenvalue weighted by Crippen LogP contribution is -2.30. The lowest BCUT2D eigenvalue weighted by atomic mass is 9.64. The van der Waals surface area contributed by atoms with E-state index < -0.39 is 0 Å². The average molecular weight is 235 g/mol. The van der Waals surface area contributed by atoms with Gasteiger partial charge >= 0.3 is 0 Å². The van der Waals surface area contributed by atoms with Crippen LogP contribution in [0.5, 0.6) is 0 Å². The number of hydrogen-bond donors (Lipinski definition) is 0. The highest BCUT2D eigenvalue weighted by Gasteiger charge is 2.37. The SMILES string of the molecule is CCCCCCCC1(C#N)CCC(C)(C)CC1. The predicted octanol–water partition coefficient (Wildman–Crippen LogP) is 5.46. The first-order valence-corrected chi connectivity index (χ1v) is 7.45. The molecule has 1 saturated carbocycles. The van der Waals surface area contributed by atoms with E-state index in [1.54, 1.807) is 0 Å². The number of nitriles is 1. The smallest absolute Gasteiger partial charge is 0.0689 e. The zero-order valence-corrected chi connectivity index (χ0v) is 12.0. The highest BCUT2D eigenvalue weighted by molar-refractivity contribution is 5.02. The summed E-state index contributed by atoms with van der Waals surface area (Å²) in [4.78, 5) is 0. The maximum atomic E-state index is 9.46. The fourth-order valence-electron chi connectivity index (χ4n) is 2.89. The molecule has 98 valence electrons. The van der Waals surface area contributed by atoms with Gasteiger partial charge in [0.25, 0.3) is 0 Å². The number of unbranched alkanes of at least 4 members (excludes halogenated alkanes) is 4. The van der Waals surface area contributed by atoms with Gasteiger partial charge in [0.2, 0.25) is 0 Å². The van der Waals surface area contributed by atoms with E-state index in [4.69, 9.17) is 0 Å². The molecule has 0 aliphatic heterocycles. The molecule has 0 bridgehead atoms. The molecule has 0 saturated heterocycles. The molecule has 1 nitrogen and oxygen atoms in total. The molecule has 1 rings (SSSR count). The van der Waals surface area contributed by atoms with Crippen molar-refractivity contribution in [2.75, 3.05) is 0 Å². The Morgan fingerprint density at radius 1 is 0.941 bits per heavy atom. The third kappa shape index (κ3) is 4.70. The molecule has 0 unspecified atom stereocenters. The van der Waals surface area contributed by atoms with Crippen molar-refractivity contribution in [3.8, 4) is 6.07 Å². The third-order valence-corrected chi connectivity index (χ3v) is 4.56. The van der Waals surface area contributed by atoms with Crippen molar-refractivity contribution >= 4 is 0 Å². The molecule has 1 fully saturated rings. The molecule has 0 heterocycles. The Morgan fingerprint density at radius 3 is 2.06 bits per heavy atom. The lowest BCUT2D eigenvalue weighted by molar-refractivity contribution is 0.135. The first-order chi connectivity index (χ1) is 8.04. The molecule has 0 N–H and O–H groups in total. The van der Waals surface area contributed by atoms with Crippen LogP contribution in [0.2, 0.25) is 0 Å². The van der Waals surface area contributed by atoms with Crippen LogP contribution in [0.25, 0.3) is 0 Å². The van der Waals surface area contributed by atoms with Gasteiger partial charge in [-0.2, -0.15) is 5.26 Å². The maximum Gasteiger partial charge on any atom is 0.0689 e. The second-order valence-electron chi connectivity index (χ2n) is 6.72. The van der Waals surface area contributed by atoms with Gasteiger partial charge in [-0.3, -0.25) is 0 Å². The van der Waals surface area contributed by atoms with Crippen molar-refractivity contribution in [3.05, 3.63) is 0 Å². The van der Waals surface area contributed by atoms with E-state index in [1.165, 1.54) is 44.9 Å². The molecule has 0 radical (unpaired) electrons. The quantitative estimate of drug-likeness (QED) is 0.561. The van der Waals surface area contributed by atoms with Gasteiger partial charge in [0.05, 0.1) is 11.5 Å². The summed E-state index contributed by atoms with van der Waals surface area (Å²) < 4.78 is 0. The van der Waals surface area contributed by atoms with Crippen molar-refractivity contribution < 1.29 is 0 Å². The van der Waals surface area contributed by atoms with Crippen molar-refractivity contribution in [1.29, 1.82) is 5.26 Å². The Kier molecular flexibility index (Phi) is 5.50. The van der Waals surface area contributed by atoms with Crippen LogP contribution in [0, 0.1) is 22.2 Å². The normalized spacial score (nSPS) is 22.0. The van der Waals surface area contributed by atoms with Crippen molar-refractivity contribution in [1.82, 2.24) is 0 Å². The summed E-state index contributed by atoms with van der Waals surface area (Å²) in [6, 6.07) is 2.65. The molecule has 1 heteroatoms. The summed E-state index contributed by atoms with van der Waals surface area (Å²) in [5, 5.41) is 9.46. The Hall–Kier alpha value is -0.510. The molecule has 17 heavy (non-hydrogen) atoms. The Bertz CT molecular complexity index is 249. The summed E-state index contributed by atoms with van der Waals surface area (Å²) in [7, 11) is 0. The van der Waals surface area contributed by atoms with Gasteiger partial charge in [-0.1, -0.05) is 52.9 Å². The largest absolute Gasteiger partial charge is 0.198 e. The Labute approximate surface area is 108 Å². The highest BCUT2D eigenvalue weighted by Crippen LogP contribution is 2.47. The van der Waals surface area contributed by atoms with Gasteiger partial charge in [0.15, 0.2) is 0 Å². The van der Waals surface area contributed by atoms with Crippen molar-refractivity contribution in [2.24, 2.45) is 10.8 Å².